The number of hydrogen-bond acceptors (Lipinski definition) is 4. The highest BCUT2D eigenvalue weighted by Gasteiger charge is 2.28. The fourth-order valence-corrected chi connectivity index (χ4v) is 4.56. The summed E-state index contributed by atoms with van der Waals surface area (Å²) < 4.78 is 25.2. The standard InChI is InChI=1S/C17H23N5O2S/c1-18-17(21-15-7-10-25(23,24)13-15)20-11-16-19-8-9-22(16)12-14-5-3-2-4-6-14/h2-6,8-9,15H,7,10-13H2,1H3,(H2,18,20,21). The van der Waals surface area contributed by atoms with Gasteiger partial charge in [0.05, 0.1) is 18.1 Å². The fraction of sp³-hybridized carbons (Fsp3) is 0.412. The summed E-state index contributed by atoms with van der Waals surface area (Å²) in [4.78, 5) is 8.57. The van der Waals surface area contributed by atoms with Crippen molar-refractivity contribution in [1.82, 2.24) is 20.2 Å². The minimum atomic E-state index is -2.91. The average Bonchev–Trinajstić information content (AvgIpc) is 3.18. The number of imidazole rings is 1. The zero-order chi connectivity index (χ0) is 17.7. The molecule has 1 aliphatic heterocycles. The number of benzene rings is 1. The predicted molar refractivity (Wildman–Crippen MR) is 98.2 cm³/mol. The van der Waals surface area contributed by atoms with Gasteiger partial charge in [-0.25, -0.2) is 13.4 Å². The molecule has 134 valence electrons. The number of aromatic nitrogens is 2. The summed E-state index contributed by atoms with van der Waals surface area (Å²) in [7, 11) is -1.23. The summed E-state index contributed by atoms with van der Waals surface area (Å²) >= 11 is 0. The van der Waals surface area contributed by atoms with E-state index < -0.39 is 9.84 Å². The molecule has 3 rings (SSSR count). The first kappa shape index (κ1) is 17.5. The molecular formula is C17H23N5O2S. The zero-order valence-electron chi connectivity index (χ0n) is 14.2. The first-order valence-corrected chi connectivity index (χ1v) is 10.1. The van der Waals surface area contributed by atoms with Gasteiger partial charge in [-0.05, 0) is 12.0 Å². The monoisotopic (exact) mass is 361 g/mol. The third-order valence-corrected chi connectivity index (χ3v) is 5.98. The molecule has 25 heavy (non-hydrogen) atoms. The van der Waals surface area contributed by atoms with E-state index in [0.29, 0.717) is 18.9 Å². The highest BCUT2D eigenvalue weighted by Crippen LogP contribution is 2.11. The van der Waals surface area contributed by atoms with Crippen LogP contribution in [0.25, 0.3) is 0 Å². The van der Waals surface area contributed by atoms with Crippen LogP contribution in [0.5, 0.6) is 0 Å². The fourth-order valence-electron chi connectivity index (χ4n) is 2.89. The number of sulfone groups is 1. The molecule has 0 saturated carbocycles. The lowest BCUT2D eigenvalue weighted by atomic mass is 10.2. The minimum absolute atomic E-state index is 0.0831. The Bertz CT molecular complexity index is 830. The van der Waals surface area contributed by atoms with Crippen LogP contribution in [0.4, 0.5) is 0 Å². The molecule has 2 N–H and O–H groups in total. The SMILES string of the molecule is CN=C(NCc1nccn1Cc1ccccc1)NC1CCS(=O)(=O)C1. The molecule has 2 aromatic rings. The Hall–Kier alpha value is -2.35. The molecule has 0 aliphatic carbocycles. The first-order chi connectivity index (χ1) is 12.1. The predicted octanol–water partition coefficient (Wildman–Crippen LogP) is 0.783. The Balaban J connectivity index is 1.57. The van der Waals surface area contributed by atoms with Crippen molar-refractivity contribution in [3.8, 4) is 0 Å². The highest BCUT2D eigenvalue weighted by molar-refractivity contribution is 7.91. The van der Waals surface area contributed by atoms with Crippen LogP contribution in [-0.2, 0) is 22.9 Å². The minimum Gasteiger partial charge on any atom is -0.353 e. The van der Waals surface area contributed by atoms with E-state index in [1.165, 1.54) is 5.56 Å². The number of nitrogens with one attached hydrogen (secondary N) is 2. The van der Waals surface area contributed by atoms with Crippen molar-refractivity contribution in [1.29, 1.82) is 0 Å². The van der Waals surface area contributed by atoms with Crippen molar-refractivity contribution in [2.24, 2.45) is 4.99 Å². The van der Waals surface area contributed by atoms with Crippen LogP contribution < -0.4 is 10.6 Å². The van der Waals surface area contributed by atoms with Crippen LogP contribution in [0.2, 0.25) is 0 Å². The summed E-state index contributed by atoms with van der Waals surface area (Å²) in [6.45, 7) is 1.27. The van der Waals surface area contributed by atoms with E-state index in [4.69, 9.17) is 0 Å². The second-order valence-electron chi connectivity index (χ2n) is 6.13. The third kappa shape index (κ3) is 4.82. The Kier molecular flexibility index (Phi) is 5.37. The molecule has 1 unspecified atom stereocenters. The van der Waals surface area contributed by atoms with E-state index in [-0.39, 0.29) is 17.5 Å². The second kappa shape index (κ2) is 7.69. The molecule has 1 atom stereocenters. The maximum atomic E-state index is 11.6. The van der Waals surface area contributed by atoms with Crippen molar-refractivity contribution in [3.63, 3.8) is 0 Å². The van der Waals surface area contributed by atoms with Gasteiger partial charge in [-0.1, -0.05) is 30.3 Å². The molecule has 0 radical (unpaired) electrons. The lowest BCUT2D eigenvalue weighted by Crippen LogP contribution is -2.43. The van der Waals surface area contributed by atoms with Gasteiger partial charge in [-0.15, -0.1) is 0 Å². The Labute approximate surface area is 148 Å². The summed E-state index contributed by atoms with van der Waals surface area (Å²) in [6, 6.07) is 10.1. The number of guanidine groups is 1. The van der Waals surface area contributed by atoms with E-state index in [1.807, 2.05) is 24.4 Å². The van der Waals surface area contributed by atoms with Crippen LogP contribution in [0.1, 0.15) is 17.8 Å². The van der Waals surface area contributed by atoms with Gasteiger partial charge in [0.25, 0.3) is 0 Å². The van der Waals surface area contributed by atoms with E-state index in [9.17, 15) is 8.42 Å². The van der Waals surface area contributed by atoms with Crippen LogP contribution in [0.15, 0.2) is 47.7 Å². The van der Waals surface area contributed by atoms with Gasteiger partial charge < -0.3 is 15.2 Å². The molecule has 0 bridgehead atoms. The number of nitrogens with zero attached hydrogens (tertiary/aromatic N) is 3. The van der Waals surface area contributed by atoms with Gasteiger partial charge in [-0.3, -0.25) is 4.99 Å². The van der Waals surface area contributed by atoms with Crippen molar-refractivity contribution in [2.45, 2.75) is 25.6 Å². The summed E-state index contributed by atoms with van der Waals surface area (Å²) in [5.41, 5.74) is 1.21. The van der Waals surface area contributed by atoms with Gasteiger partial charge in [0.1, 0.15) is 5.82 Å². The number of hydrogen-bond donors (Lipinski definition) is 2. The van der Waals surface area contributed by atoms with Crippen molar-refractivity contribution in [3.05, 3.63) is 54.1 Å². The van der Waals surface area contributed by atoms with Crippen LogP contribution in [-0.4, -0.2) is 48.5 Å². The molecule has 2 heterocycles. The molecule has 1 aromatic carbocycles. The van der Waals surface area contributed by atoms with E-state index >= 15 is 0 Å². The second-order valence-corrected chi connectivity index (χ2v) is 8.36. The Morgan fingerprint density at radius 3 is 2.84 bits per heavy atom. The quantitative estimate of drug-likeness (QED) is 0.607. The molecule has 7 nitrogen and oxygen atoms in total. The van der Waals surface area contributed by atoms with Gasteiger partial charge in [0.15, 0.2) is 15.8 Å². The number of aliphatic imine (C=N–C) groups is 1. The highest BCUT2D eigenvalue weighted by atomic mass is 32.2. The van der Waals surface area contributed by atoms with Crippen molar-refractivity contribution < 1.29 is 8.42 Å². The van der Waals surface area contributed by atoms with Gasteiger partial charge >= 0.3 is 0 Å². The maximum Gasteiger partial charge on any atom is 0.191 e. The molecule has 1 aromatic heterocycles. The van der Waals surface area contributed by atoms with Gasteiger partial charge in [-0.2, -0.15) is 0 Å². The lowest BCUT2D eigenvalue weighted by molar-refractivity contribution is 0.599. The molecule has 0 spiro atoms. The van der Waals surface area contributed by atoms with Crippen molar-refractivity contribution >= 4 is 15.8 Å². The topological polar surface area (TPSA) is 88.4 Å². The summed E-state index contributed by atoms with van der Waals surface area (Å²) in [5.74, 6) is 1.89. The number of rotatable bonds is 5. The average molecular weight is 361 g/mol. The van der Waals surface area contributed by atoms with Crippen LogP contribution >= 0.6 is 0 Å². The van der Waals surface area contributed by atoms with Gasteiger partial charge in [0.2, 0.25) is 0 Å². The summed E-state index contributed by atoms with van der Waals surface area (Å²) in [5, 5.41) is 6.39. The molecule has 1 saturated heterocycles. The molecule has 8 heteroatoms. The van der Waals surface area contributed by atoms with Gasteiger partial charge in [0, 0.05) is 32.0 Å². The van der Waals surface area contributed by atoms with Crippen LogP contribution in [0, 0.1) is 0 Å². The molecule has 0 amide bonds. The van der Waals surface area contributed by atoms with Crippen LogP contribution in [0.3, 0.4) is 0 Å². The Morgan fingerprint density at radius 1 is 1.36 bits per heavy atom. The molecule has 1 aliphatic rings. The van der Waals surface area contributed by atoms with E-state index in [2.05, 4.69) is 37.3 Å². The Morgan fingerprint density at radius 2 is 2.16 bits per heavy atom. The lowest BCUT2D eigenvalue weighted by Gasteiger charge is -2.16. The maximum absolute atomic E-state index is 11.6. The third-order valence-electron chi connectivity index (χ3n) is 4.21. The smallest absolute Gasteiger partial charge is 0.191 e. The van der Waals surface area contributed by atoms with E-state index in [1.54, 1.807) is 13.2 Å². The normalized spacial score (nSPS) is 19.7. The van der Waals surface area contributed by atoms with Crippen molar-refractivity contribution in [2.75, 3.05) is 18.6 Å². The first-order valence-electron chi connectivity index (χ1n) is 8.27. The largest absolute Gasteiger partial charge is 0.353 e. The molecular weight excluding hydrogens is 338 g/mol. The molecule has 1 fully saturated rings. The summed E-state index contributed by atoms with van der Waals surface area (Å²) in [6.07, 6.45) is 4.34. The van der Waals surface area contributed by atoms with E-state index in [0.717, 1.165) is 12.4 Å². The zero-order valence-corrected chi connectivity index (χ0v) is 15.0.